The summed E-state index contributed by atoms with van der Waals surface area (Å²) in [5, 5.41) is 3.00. The van der Waals surface area contributed by atoms with Crippen molar-refractivity contribution in [2.45, 2.75) is 19.9 Å². The second kappa shape index (κ2) is 4.13. The molecule has 0 radical (unpaired) electrons. The highest BCUT2D eigenvalue weighted by Gasteiger charge is 2.20. The molecule has 3 N–H and O–H groups in total. The molecule has 1 atom stereocenters. The largest absolute Gasteiger partial charge is 0.368 e. The number of aromatic nitrogens is 2. The van der Waals surface area contributed by atoms with Crippen LogP contribution in [0.15, 0.2) is 12.4 Å². The Kier molecular flexibility index (Phi) is 3.11. The molecule has 0 aromatic carbocycles. The van der Waals surface area contributed by atoms with Crippen LogP contribution in [-0.4, -0.2) is 21.5 Å². The number of aryl methyl sites for hydroxylation is 1. The molecule has 0 fully saturated rings. The second-order valence-corrected chi connectivity index (χ2v) is 3.63. The summed E-state index contributed by atoms with van der Waals surface area (Å²) in [5.74, 6) is 0.440. The molecule has 1 unspecified atom stereocenters. The smallest absolute Gasteiger partial charge is 0.240 e. The summed E-state index contributed by atoms with van der Waals surface area (Å²) >= 11 is 0. The molecule has 0 bridgehead atoms. The molecular weight excluding hydrogens is 180 g/mol. The number of rotatable bonds is 4. The van der Waals surface area contributed by atoms with E-state index in [4.69, 9.17) is 5.73 Å². The number of carbonyl (C=O) groups is 1. The third kappa shape index (κ3) is 2.25. The number of nitrogens with two attached hydrogens (primary N) is 1. The minimum atomic E-state index is -0.379. The van der Waals surface area contributed by atoms with Crippen LogP contribution in [0, 0.1) is 5.92 Å². The first-order valence-corrected chi connectivity index (χ1v) is 4.55. The number of anilines is 1. The molecule has 0 saturated carbocycles. The minimum absolute atomic E-state index is 0.143. The highest BCUT2D eigenvalue weighted by atomic mass is 16.1. The van der Waals surface area contributed by atoms with E-state index < -0.39 is 0 Å². The van der Waals surface area contributed by atoms with Crippen molar-refractivity contribution >= 4 is 11.9 Å². The molecule has 78 valence electrons. The fraction of sp³-hybridized carbons (Fsp3) is 0.556. The van der Waals surface area contributed by atoms with Crippen LogP contribution >= 0.6 is 0 Å². The van der Waals surface area contributed by atoms with Gasteiger partial charge in [0.25, 0.3) is 0 Å². The van der Waals surface area contributed by atoms with Gasteiger partial charge in [-0.2, -0.15) is 0 Å². The van der Waals surface area contributed by atoms with Gasteiger partial charge < -0.3 is 15.6 Å². The summed E-state index contributed by atoms with van der Waals surface area (Å²) in [4.78, 5) is 15.2. The van der Waals surface area contributed by atoms with Crippen molar-refractivity contribution in [2.24, 2.45) is 18.7 Å². The van der Waals surface area contributed by atoms with Crippen molar-refractivity contribution in [1.82, 2.24) is 9.55 Å². The highest BCUT2D eigenvalue weighted by Crippen LogP contribution is 2.09. The maximum absolute atomic E-state index is 11.1. The topological polar surface area (TPSA) is 72.9 Å². The molecule has 0 aliphatic heterocycles. The number of nitrogens with one attached hydrogen (secondary N) is 1. The molecule has 0 aliphatic rings. The number of nitrogens with zero attached hydrogens (tertiary/aromatic N) is 2. The first kappa shape index (κ1) is 10.6. The number of hydrogen-bond acceptors (Lipinski definition) is 3. The average Bonchev–Trinajstić information content (AvgIpc) is 2.46. The van der Waals surface area contributed by atoms with E-state index in [1.54, 1.807) is 17.0 Å². The lowest BCUT2D eigenvalue weighted by Gasteiger charge is -2.19. The van der Waals surface area contributed by atoms with Gasteiger partial charge in [-0.15, -0.1) is 0 Å². The third-order valence-electron chi connectivity index (χ3n) is 2.08. The summed E-state index contributed by atoms with van der Waals surface area (Å²) < 4.78 is 1.80. The maximum atomic E-state index is 11.1. The van der Waals surface area contributed by atoms with Crippen LogP contribution in [-0.2, 0) is 11.8 Å². The summed E-state index contributed by atoms with van der Waals surface area (Å²) in [6.07, 6.45) is 3.47. The Hall–Kier alpha value is -1.52. The molecule has 1 amide bonds. The monoisotopic (exact) mass is 196 g/mol. The Balaban J connectivity index is 2.75. The molecule has 5 nitrogen and oxygen atoms in total. The molecule has 5 heteroatoms. The van der Waals surface area contributed by atoms with E-state index >= 15 is 0 Å². The van der Waals surface area contributed by atoms with Crippen LogP contribution in [0.1, 0.15) is 13.8 Å². The van der Waals surface area contributed by atoms with Gasteiger partial charge in [0.1, 0.15) is 6.04 Å². The van der Waals surface area contributed by atoms with Crippen LogP contribution in [0.2, 0.25) is 0 Å². The molecular formula is C9H16N4O. The van der Waals surface area contributed by atoms with Crippen LogP contribution in [0.25, 0.3) is 0 Å². The maximum Gasteiger partial charge on any atom is 0.240 e. The van der Waals surface area contributed by atoms with Crippen LogP contribution in [0.3, 0.4) is 0 Å². The van der Waals surface area contributed by atoms with Crippen LogP contribution in [0.5, 0.6) is 0 Å². The third-order valence-corrected chi connectivity index (χ3v) is 2.08. The quantitative estimate of drug-likeness (QED) is 0.729. The van der Waals surface area contributed by atoms with Gasteiger partial charge in [-0.3, -0.25) is 4.79 Å². The Morgan fingerprint density at radius 3 is 2.64 bits per heavy atom. The van der Waals surface area contributed by atoms with Crippen molar-refractivity contribution in [1.29, 1.82) is 0 Å². The molecule has 0 spiro atoms. The van der Waals surface area contributed by atoms with Gasteiger partial charge in [-0.25, -0.2) is 4.98 Å². The molecule has 1 rings (SSSR count). The van der Waals surface area contributed by atoms with Gasteiger partial charge in [0.15, 0.2) is 0 Å². The first-order chi connectivity index (χ1) is 6.52. The first-order valence-electron chi connectivity index (χ1n) is 4.55. The fourth-order valence-corrected chi connectivity index (χ4v) is 1.21. The fourth-order valence-electron chi connectivity index (χ4n) is 1.21. The van der Waals surface area contributed by atoms with Gasteiger partial charge in [-0.05, 0) is 5.92 Å². The van der Waals surface area contributed by atoms with Gasteiger partial charge in [0, 0.05) is 19.4 Å². The zero-order valence-electron chi connectivity index (χ0n) is 8.69. The lowest BCUT2D eigenvalue weighted by atomic mass is 10.0. The Morgan fingerprint density at radius 2 is 2.29 bits per heavy atom. The number of primary amides is 1. The summed E-state index contributed by atoms with van der Waals surface area (Å²) in [7, 11) is 1.85. The van der Waals surface area contributed by atoms with Crippen LogP contribution in [0.4, 0.5) is 5.95 Å². The molecule has 0 saturated heterocycles. The zero-order chi connectivity index (χ0) is 10.7. The van der Waals surface area contributed by atoms with Crippen molar-refractivity contribution in [3.63, 3.8) is 0 Å². The van der Waals surface area contributed by atoms with Crippen molar-refractivity contribution in [3.05, 3.63) is 12.4 Å². The van der Waals surface area contributed by atoms with Crippen LogP contribution < -0.4 is 11.1 Å². The van der Waals surface area contributed by atoms with E-state index in [1.807, 2.05) is 20.9 Å². The second-order valence-electron chi connectivity index (χ2n) is 3.63. The van der Waals surface area contributed by atoms with Crippen molar-refractivity contribution < 1.29 is 4.79 Å². The summed E-state index contributed by atoms with van der Waals surface area (Å²) in [6.45, 7) is 3.87. The van der Waals surface area contributed by atoms with Gasteiger partial charge in [-0.1, -0.05) is 13.8 Å². The van der Waals surface area contributed by atoms with Gasteiger partial charge >= 0.3 is 0 Å². The van der Waals surface area contributed by atoms with Crippen molar-refractivity contribution in [2.75, 3.05) is 5.32 Å². The number of amides is 1. The lowest BCUT2D eigenvalue weighted by Crippen LogP contribution is -2.40. The number of imidazole rings is 1. The summed E-state index contributed by atoms with van der Waals surface area (Å²) in [6, 6.07) is -0.379. The van der Waals surface area contributed by atoms with E-state index in [0.717, 1.165) is 0 Å². The van der Waals surface area contributed by atoms with Gasteiger partial charge in [0.05, 0.1) is 0 Å². The predicted molar refractivity (Wildman–Crippen MR) is 54.7 cm³/mol. The minimum Gasteiger partial charge on any atom is -0.368 e. The van der Waals surface area contributed by atoms with E-state index in [0.29, 0.717) is 5.95 Å². The molecule has 1 aromatic rings. The number of carbonyl (C=O) groups excluding carboxylic acids is 1. The highest BCUT2D eigenvalue weighted by molar-refractivity contribution is 5.82. The Morgan fingerprint density at radius 1 is 1.64 bits per heavy atom. The standard InChI is InChI=1S/C9H16N4O/c1-6(2)7(8(10)14)12-9-11-4-5-13(9)3/h4-7H,1-3H3,(H2,10,14)(H,11,12). The normalized spacial score (nSPS) is 12.9. The summed E-state index contributed by atoms with van der Waals surface area (Å²) in [5.41, 5.74) is 5.27. The lowest BCUT2D eigenvalue weighted by molar-refractivity contribution is -0.119. The number of hydrogen-bond donors (Lipinski definition) is 2. The molecule has 1 aromatic heterocycles. The molecule has 0 aliphatic carbocycles. The van der Waals surface area contributed by atoms with E-state index in [-0.39, 0.29) is 17.9 Å². The molecule has 14 heavy (non-hydrogen) atoms. The van der Waals surface area contributed by atoms with Gasteiger partial charge in [0.2, 0.25) is 11.9 Å². The predicted octanol–water partition coefficient (Wildman–Crippen LogP) is 0.342. The van der Waals surface area contributed by atoms with Crippen molar-refractivity contribution in [3.8, 4) is 0 Å². The Labute approximate surface area is 83.3 Å². The SMILES string of the molecule is CC(C)C(Nc1nccn1C)C(N)=O. The Bertz CT molecular complexity index is 318. The van der Waals surface area contributed by atoms with E-state index in [9.17, 15) is 4.79 Å². The average molecular weight is 196 g/mol. The van der Waals surface area contributed by atoms with E-state index in [1.165, 1.54) is 0 Å². The molecule has 1 heterocycles. The van der Waals surface area contributed by atoms with E-state index in [2.05, 4.69) is 10.3 Å². The zero-order valence-corrected chi connectivity index (χ0v) is 8.69.